The molecule has 2 aromatic carbocycles. The van der Waals surface area contributed by atoms with Gasteiger partial charge in [-0.3, -0.25) is 4.79 Å². The first-order chi connectivity index (χ1) is 10.8. The second-order valence-corrected chi connectivity index (χ2v) is 5.54. The fourth-order valence-electron chi connectivity index (χ4n) is 2.70. The largest absolute Gasteiger partial charge is 0.416 e. The number of carbonyl (C=O) groups is 1. The molecule has 0 unspecified atom stereocenters. The molecule has 2 nitrogen and oxygen atoms in total. The predicted molar refractivity (Wildman–Crippen MR) is 83.6 cm³/mol. The minimum Gasteiger partial charge on any atom is -0.354 e. The number of H-pyrrole nitrogens is 1. The lowest BCUT2D eigenvalue weighted by atomic mass is 10.0. The maximum atomic E-state index is 12.7. The number of aromatic amines is 1. The van der Waals surface area contributed by atoms with Crippen LogP contribution in [0.25, 0.3) is 22.2 Å². The molecular weight excluding hydrogens is 303 g/mol. The lowest BCUT2D eigenvalue weighted by Gasteiger charge is -2.07. The van der Waals surface area contributed by atoms with E-state index in [1.165, 1.54) is 12.1 Å². The standard InChI is InChI=1S/C18H14F3NO/c1-10-3-8-14-15(9-23)17(22-16(14)11(10)2)12-4-6-13(7-5-12)18(19,20)21/h3-9,22H,1-2H3. The molecule has 0 bridgehead atoms. The van der Waals surface area contributed by atoms with Crippen molar-refractivity contribution in [1.29, 1.82) is 0 Å². The Balaban J connectivity index is 2.20. The predicted octanol–water partition coefficient (Wildman–Crippen LogP) is 5.28. The van der Waals surface area contributed by atoms with Gasteiger partial charge >= 0.3 is 6.18 Å². The van der Waals surface area contributed by atoms with E-state index in [9.17, 15) is 18.0 Å². The summed E-state index contributed by atoms with van der Waals surface area (Å²) in [4.78, 5) is 14.7. The number of carbonyl (C=O) groups excluding carboxylic acids is 1. The van der Waals surface area contributed by atoms with Gasteiger partial charge in [-0.05, 0) is 42.7 Å². The van der Waals surface area contributed by atoms with Crippen LogP contribution in [-0.2, 0) is 6.18 Å². The van der Waals surface area contributed by atoms with E-state index in [2.05, 4.69) is 4.98 Å². The number of rotatable bonds is 2. The van der Waals surface area contributed by atoms with Gasteiger partial charge in [0.1, 0.15) is 0 Å². The normalized spacial score (nSPS) is 11.9. The first kappa shape index (κ1) is 15.3. The Morgan fingerprint density at radius 2 is 1.65 bits per heavy atom. The summed E-state index contributed by atoms with van der Waals surface area (Å²) in [5.41, 5.74) is 3.77. The first-order valence-corrected chi connectivity index (χ1v) is 7.07. The topological polar surface area (TPSA) is 32.9 Å². The molecule has 0 spiro atoms. The maximum Gasteiger partial charge on any atom is 0.416 e. The third-order valence-corrected chi connectivity index (χ3v) is 4.16. The van der Waals surface area contributed by atoms with Crippen molar-refractivity contribution in [3.63, 3.8) is 0 Å². The molecule has 1 aromatic heterocycles. The number of halogens is 3. The van der Waals surface area contributed by atoms with Crippen LogP contribution in [0.3, 0.4) is 0 Å². The number of aromatic nitrogens is 1. The molecule has 0 radical (unpaired) electrons. The van der Waals surface area contributed by atoms with Crippen molar-refractivity contribution in [2.45, 2.75) is 20.0 Å². The highest BCUT2D eigenvalue weighted by Crippen LogP contribution is 2.34. The highest BCUT2D eigenvalue weighted by molar-refractivity contribution is 6.05. The van der Waals surface area contributed by atoms with Gasteiger partial charge in [0.15, 0.2) is 6.29 Å². The van der Waals surface area contributed by atoms with Crippen molar-refractivity contribution in [2.24, 2.45) is 0 Å². The van der Waals surface area contributed by atoms with Crippen LogP contribution in [0.4, 0.5) is 13.2 Å². The molecule has 5 heteroatoms. The highest BCUT2D eigenvalue weighted by atomic mass is 19.4. The molecule has 0 aliphatic heterocycles. The number of hydrogen-bond donors (Lipinski definition) is 1. The fraction of sp³-hybridized carbons (Fsp3) is 0.167. The Bertz CT molecular complexity index is 889. The number of aldehydes is 1. The Labute approximate surface area is 130 Å². The van der Waals surface area contributed by atoms with Crippen LogP contribution in [-0.4, -0.2) is 11.3 Å². The van der Waals surface area contributed by atoms with Crippen LogP contribution >= 0.6 is 0 Å². The molecule has 118 valence electrons. The van der Waals surface area contributed by atoms with E-state index in [1.54, 1.807) is 0 Å². The second-order valence-electron chi connectivity index (χ2n) is 5.54. The number of benzene rings is 2. The Morgan fingerprint density at radius 3 is 2.22 bits per heavy atom. The van der Waals surface area contributed by atoms with E-state index in [0.717, 1.165) is 40.4 Å². The van der Waals surface area contributed by atoms with E-state index >= 15 is 0 Å². The van der Waals surface area contributed by atoms with Crippen molar-refractivity contribution in [3.8, 4) is 11.3 Å². The van der Waals surface area contributed by atoms with Gasteiger partial charge in [-0.25, -0.2) is 0 Å². The quantitative estimate of drug-likeness (QED) is 0.641. The zero-order chi connectivity index (χ0) is 16.8. The average molecular weight is 317 g/mol. The molecule has 0 aliphatic rings. The average Bonchev–Trinajstić information content (AvgIpc) is 2.89. The van der Waals surface area contributed by atoms with Gasteiger partial charge in [-0.15, -0.1) is 0 Å². The van der Waals surface area contributed by atoms with Crippen LogP contribution < -0.4 is 0 Å². The lowest BCUT2D eigenvalue weighted by molar-refractivity contribution is -0.137. The zero-order valence-electron chi connectivity index (χ0n) is 12.6. The minimum absolute atomic E-state index is 0.461. The third-order valence-electron chi connectivity index (χ3n) is 4.16. The first-order valence-electron chi connectivity index (χ1n) is 7.07. The van der Waals surface area contributed by atoms with Gasteiger partial charge in [0.25, 0.3) is 0 Å². The molecule has 0 aliphatic carbocycles. The van der Waals surface area contributed by atoms with Crippen LogP contribution in [0.15, 0.2) is 36.4 Å². The number of fused-ring (bicyclic) bond motifs is 1. The van der Waals surface area contributed by atoms with Crippen LogP contribution in [0, 0.1) is 13.8 Å². The number of alkyl halides is 3. The second kappa shape index (κ2) is 5.26. The van der Waals surface area contributed by atoms with Crippen molar-refractivity contribution in [1.82, 2.24) is 4.98 Å². The Morgan fingerprint density at radius 1 is 1.00 bits per heavy atom. The summed E-state index contributed by atoms with van der Waals surface area (Å²) in [5, 5.41) is 0.776. The molecule has 3 rings (SSSR count). The van der Waals surface area contributed by atoms with Crippen molar-refractivity contribution in [3.05, 3.63) is 58.7 Å². The summed E-state index contributed by atoms with van der Waals surface area (Å²) in [5.74, 6) is 0. The highest BCUT2D eigenvalue weighted by Gasteiger charge is 2.30. The molecule has 23 heavy (non-hydrogen) atoms. The summed E-state index contributed by atoms with van der Waals surface area (Å²) in [6.07, 6.45) is -3.64. The van der Waals surface area contributed by atoms with E-state index in [1.807, 2.05) is 26.0 Å². The molecule has 1 heterocycles. The molecule has 0 saturated carbocycles. The van der Waals surface area contributed by atoms with Crippen molar-refractivity contribution in [2.75, 3.05) is 0 Å². The van der Waals surface area contributed by atoms with Crippen LogP contribution in [0.2, 0.25) is 0 Å². The van der Waals surface area contributed by atoms with Gasteiger partial charge in [0.05, 0.1) is 11.3 Å². The van der Waals surface area contributed by atoms with E-state index in [-0.39, 0.29) is 0 Å². The van der Waals surface area contributed by atoms with E-state index in [4.69, 9.17) is 0 Å². The SMILES string of the molecule is Cc1ccc2c(C=O)c(-c3ccc(C(F)(F)F)cc3)[nH]c2c1C. The minimum atomic E-state index is -4.37. The molecule has 0 fully saturated rings. The van der Waals surface area contributed by atoms with Crippen molar-refractivity contribution < 1.29 is 18.0 Å². The van der Waals surface area contributed by atoms with Gasteiger partial charge in [-0.1, -0.05) is 24.3 Å². The Hall–Kier alpha value is -2.56. The number of aryl methyl sites for hydroxylation is 2. The third kappa shape index (κ3) is 2.52. The number of nitrogens with one attached hydrogen (secondary N) is 1. The number of hydrogen-bond acceptors (Lipinski definition) is 1. The van der Waals surface area contributed by atoms with E-state index in [0.29, 0.717) is 16.8 Å². The molecule has 1 N–H and O–H groups in total. The Kier molecular flexibility index (Phi) is 3.51. The van der Waals surface area contributed by atoms with Crippen LogP contribution in [0.5, 0.6) is 0 Å². The van der Waals surface area contributed by atoms with E-state index < -0.39 is 11.7 Å². The summed E-state index contributed by atoms with van der Waals surface area (Å²) in [7, 11) is 0. The summed E-state index contributed by atoms with van der Waals surface area (Å²) < 4.78 is 38.0. The fourth-order valence-corrected chi connectivity index (χ4v) is 2.70. The van der Waals surface area contributed by atoms with Gasteiger partial charge in [0.2, 0.25) is 0 Å². The van der Waals surface area contributed by atoms with Crippen molar-refractivity contribution >= 4 is 17.2 Å². The van der Waals surface area contributed by atoms with Crippen LogP contribution in [0.1, 0.15) is 27.0 Å². The molecular formula is C18H14F3NO. The van der Waals surface area contributed by atoms with Gasteiger partial charge in [-0.2, -0.15) is 13.2 Å². The zero-order valence-corrected chi connectivity index (χ0v) is 12.6. The molecule has 0 amide bonds. The monoisotopic (exact) mass is 317 g/mol. The van der Waals surface area contributed by atoms with Gasteiger partial charge < -0.3 is 4.98 Å². The summed E-state index contributed by atoms with van der Waals surface area (Å²) in [6, 6.07) is 8.58. The molecule has 0 atom stereocenters. The lowest BCUT2D eigenvalue weighted by Crippen LogP contribution is -2.04. The molecule has 3 aromatic rings. The summed E-state index contributed by atoms with van der Waals surface area (Å²) in [6.45, 7) is 3.91. The smallest absolute Gasteiger partial charge is 0.354 e. The summed E-state index contributed by atoms with van der Waals surface area (Å²) >= 11 is 0. The molecule has 0 saturated heterocycles. The maximum absolute atomic E-state index is 12.7. The van der Waals surface area contributed by atoms with Gasteiger partial charge in [0, 0.05) is 16.5 Å².